The van der Waals surface area contributed by atoms with E-state index in [1.807, 2.05) is 22.9 Å². The van der Waals surface area contributed by atoms with Crippen molar-refractivity contribution in [3.05, 3.63) is 24.0 Å². The Morgan fingerprint density at radius 3 is 2.83 bits per heavy atom. The molecule has 0 radical (unpaired) electrons. The Labute approximate surface area is 109 Å². The zero-order chi connectivity index (χ0) is 13.0. The van der Waals surface area contributed by atoms with Crippen LogP contribution in [-0.4, -0.2) is 22.6 Å². The lowest BCUT2D eigenvalue weighted by Gasteiger charge is -2.26. The van der Waals surface area contributed by atoms with Crippen LogP contribution >= 0.6 is 0 Å². The van der Waals surface area contributed by atoms with Gasteiger partial charge in [0, 0.05) is 24.8 Å². The summed E-state index contributed by atoms with van der Waals surface area (Å²) in [5.74, 6) is 0.0499. The van der Waals surface area contributed by atoms with Crippen molar-refractivity contribution in [1.82, 2.24) is 9.88 Å². The molecule has 4 nitrogen and oxygen atoms in total. The Hall–Kier alpha value is -1.29. The molecule has 1 aliphatic rings. The lowest BCUT2D eigenvalue weighted by atomic mass is 9.92. The van der Waals surface area contributed by atoms with Crippen LogP contribution in [0.2, 0.25) is 0 Å². The number of carbonyl (C=O) groups is 1. The van der Waals surface area contributed by atoms with Gasteiger partial charge >= 0.3 is 0 Å². The van der Waals surface area contributed by atoms with Gasteiger partial charge in [0.05, 0.1) is 0 Å². The summed E-state index contributed by atoms with van der Waals surface area (Å²) >= 11 is 0. The molecule has 1 heterocycles. The number of rotatable bonds is 4. The molecule has 0 unspecified atom stereocenters. The third-order valence-corrected chi connectivity index (χ3v) is 3.63. The maximum atomic E-state index is 12.2. The molecule has 1 saturated carbocycles. The molecular formula is C14H23N3O. The van der Waals surface area contributed by atoms with Gasteiger partial charge in [-0.1, -0.05) is 6.92 Å². The molecule has 2 rings (SSSR count). The summed E-state index contributed by atoms with van der Waals surface area (Å²) in [6.45, 7) is 3.01. The van der Waals surface area contributed by atoms with Crippen molar-refractivity contribution in [1.29, 1.82) is 0 Å². The molecule has 3 N–H and O–H groups in total. The van der Waals surface area contributed by atoms with Crippen LogP contribution in [0.25, 0.3) is 0 Å². The van der Waals surface area contributed by atoms with E-state index in [4.69, 9.17) is 5.73 Å². The number of hydrogen-bond acceptors (Lipinski definition) is 2. The summed E-state index contributed by atoms with van der Waals surface area (Å²) in [7, 11) is 0. The maximum Gasteiger partial charge on any atom is 0.268 e. The quantitative estimate of drug-likeness (QED) is 0.856. The number of nitrogens with zero attached hydrogens (tertiary/aromatic N) is 1. The van der Waals surface area contributed by atoms with Crippen molar-refractivity contribution in [3.8, 4) is 0 Å². The summed E-state index contributed by atoms with van der Waals surface area (Å²) in [5, 5.41) is 3.13. The number of aryl methyl sites for hydroxylation is 1. The van der Waals surface area contributed by atoms with E-state index < -0.39 is 0 Å². The van der Waals surface area contributed by atoms with Gasteiger partial charge in [-0.3, -0.25) is 4.79 Å². The van der Waals surface area contributed by atoms with E-state index in [0.717, 1.165) is 44.3 Å². The molecule has 1 aliphatic carbocycles. The van der Waals surface area contributed by atoms with Crippen LogP contribution < -0.4 is 11.1 Å². The number of hydrogen-bond donors (Lipinski definition) is 2. The third kappa shape index (κ3) is 3.13. The summed E-state index contributed by atoms with van der Waals surface area (Å²) in [5.41, 5.74) is 6.64. The minimum absolute atomic E-state index is 0.0499. The first kappa shape index (κ1) is 13.1. The zero-order valence-electron chi connectivity index (χ0n) is 11.1. The minimum Gasteiger partial charge on any atom is -0.348 e. The van der Waals surface area contributed by atoms with E-state index in [1.54, 1.807) is 0 Å². The van der Waals surface area contributed by atoms with Gasteiger partial charge in [-0.25, -0.2) is 0 Å². The normalized spacial score (nSPS) is 23.9. The minimum atomic E-state index is 0.0499. The van der Waals surface area contributed by atoms with E-state index in [-0.39, 0.29) is 5.91 Å². The monoisotopic (exact) mass is 249 g/mol. The average molecular weight is 249 g/mol. The summed E-state index contributed by atoms with van der Waals surface area (Å²) < 4.78 is 2.02. The molecular weight excluding hydrogens is 226 g/mol. The van der Waals surface area contributed by atoms with Crippen LogP contribution in [0, 0.1) is 0 Å². The van der Waals surface area contributed by atoms with Gasteiger partial charge < -0.3 is 15.6 Å². The van der Waals surface area contributed by atoms with Crippen molar-refractivity contribution >= 4 is 5.91 Å². The molecule has 0 bridgehead atoms. The van der Waals surface area contributed by atoms with Crippen LogP contribution in [0.5, 0.6) is 0 Å². The summed E-state index contributed by atoms with van der Waals surface area (Å²) in [4.78, 5) is 12.2. The molecule has 0 aliphatic heterocycles. The fourth-order valence-electron chi connectivity index (χ4n) is 2.58. The molecule has 100 valence electrons. The first-order valence-electron chi connectivity index (χ1n) is 6.92. The second kappa shape index (κ2) is 6.05. The van der Waals surface area contributed by atoms with Gasteiger partial charge in [0.1, 0.15) is 5.69 Å². The molecule has 4 heteroatoms. The van der Waals surface area contributed by atoms with Gasteiger partial charge in [0.15, 0.2) is 0 Å². The summed E-state index contributed by atoms with van der Waals surface area (Å²) in [6, 6.07) is 4.44. The van der Waals surface area contributed by atoms with Crippen LogP contribution in [-0.2, 0) is 6.54 Å². The van der Waals surface area contributed by atoms with Crippen LogP contribution in [0.3, 0.4) is 0 Å². The average Bonchev–Trinajstić information content (AvgIpc) is 2.81. The fraction of sp³-hybridized carbons (Fsp3) is 0.643. The smallest absolute Gasteiger partial charge is 0.268 e. The van der Waals surface area contributed by atoms with E-state index in [1.165, 1.54) is 0 Å². The standard InChI is InChI=1S/C14H23N3O/c1-2-9-17-10-3-4-13(17)14(18)16-12-7-5-11(15)6-8-12/h3-4,10-12H,2,5-9,15H2,1H3,(H,16,18). The SMILES string of the molecule is CCCn1cccc1C(=O)NC1CCC(N)CC1. The van der Waals surface area contributed by atoms with Crippen LogP contribution in [0.1, 0.15) is 49.5 Å². The third-order valence-electron chi connectivity index (χ3n) is 3.63. The second-order valence-electron chi connectivity index (χ2n) is 5.17. The first-order valence-corrected chi connectivity index (χ1v) is 6.92. The Kier molecular flexibility index (Phi) is 4.42. The Morgan fingerprint density at radius 1 is 1.44 bits per heavy atom. The summed E-state index contributed by atoms with van der Waals surface area (Å²) in [6.07, 6.45) is 7.03. The van der Waals surface area contributed by atoms with E-state index in [2.05, 4.69) is 12.2 Å². The molecule has 1 aromatic rings. The van der Waals surface area contributed by atoms with Crippen molar-refractivity contribution in [2.45, 2.75) is 57.7 Å². The number of nitrogens with two attached hydrogens (primary N) is 1. The number of carbonyl (C=O) groups excluding carboxylic acids is 1. The van der Waals surface area contributed by atoms with Crippen molar-refractivity contribution in [2.24, 2.45) is 5.73 Å². The predicted octanol–water partition coefficient (Wildman–Crippen LogP) is 1.90. The first-order chi connectivity index (χ1) is 8.70. The lowest BCUT2D eigenvalue weighted by Crippen LogP contribution is -2.41. The number of nitrogens with one attached hydrogen (secondary N) is 1. The zero-order valence-corrected chi connectivity index (χ0v) is 11.1. The Balaban J connectivity index is 1.93. The predicted molar refractivity (Wildman–Crippen MR) is 72.4 cm³/mol. The topological polar surface area (TPSA) is 60.0 Å². The molecule has 0 aromatic carbocycles. The largest absolute Gasteiger partial charge is 0.348 e. The molecule has 0 atom stereocenters. The second-order valence-corrected chi connectivity index (χ2v) is 5.17. The molecule has 1 fully saturated rings. The van der Waals surface area contributed by atoms with Crippen molar-refractivity contribution < 1.29 is 4.79 Å². The molecule has 1 amide bonds. The van der Waals surface area contributed by atoms with Crippen LogP contribution in [0.15, 0.2) is 18.3 Å². The lowest BCUT2D eigenvalue weighted by molar-refractivity contribution is 0.0916. The van der Waals surface area contributed by atoms with Gasteiger partial charge in [0.25, 0.3) is 5.91 Å². The number of aromatic nitrogens is 1. The van der Waals surface area contributed by atoms with Gasteiger partial charge in [-0.05, 0) is 44.2 Å². The highest BCUT2D eigenvalue weighted by molar-refractivity contribution is 5.92. The van der Waals surface area contributed by atoms with E-state index >= 15 is 0 Å². The van der Waals surface area contributed by atoms with E-state index in [0.29, 0.717) is 12.1 Å². The Morgan fingerprint density at radius 2 is 2.17 bits per heavy atom. The van der Waals surface area contributed by atoms with Crippen LogP contribution in [0.4, 0.5) is 0 Å². The number of amides is 1. The Bertz CT molecular complexity index is 391. The van der Waals surface area contributed by atoms with Gasteiger partial charge in [-0.15, -0.1) is 0 Å². The highest BCUT2D eigenvalue weighted by atomic mass is 16.2. The highest BCUT2D eigenvalue weighted by Gasteiger charge is 2.21. The highest BCUT2D eigenvalue weighted by Crippen LogP contribution is 2.17. The van der Waals surface area contributed by atoms with Gasteiger partial charge in [0.2, 0.25) is 0 Å². The molecule has 0 saturated heterocycles. The molecule has 18 heavy (non-hydrogen) atoms. The van der Waals surface area contributed by atoms with E-state index in [9.17, 15) is 4.79 Å². The molecule has 0 spiro atoms. The fourth-order valence-corrected chi connectivity index (χ4v) is 2.58. The van der Waals surface area contributed by atoms with Crippen molar-refractivity contribution in [3.63, 3.8) is 0 Å². The van der Waals surface area contributed by atoms with Crippen molar-refractivity contribution in [2.75, 3.05) is 0 Å². The molecule has 1 aromatic heterocycles. The maximum absolute atomic E-state index is 12.2. The van der Waals surface area contributed by atoms with Gasteiger partial charge in [-0.2, -0.15) is 0 Å².